The number of aryl methyl sites for hydroxylation is 1. The molecule has 0 bridgehead atoms. The summed E-state index contributed by atoms with van der Waals surface area (Å²) < 4.78 is 7.34. The van der Waals surface area contributed by atoms with Gasteiger partial charge in [-0.2, -0.15) is 0 Å². The second kappa shape index (κ2) is 5.24. The van der Waals surface area contributed by atoms with E-state index >= 15 is 0 Å². The van der Waals surface area contributed by atoms with Crippen LogP contribution in [0.5, 0.6) is 5.75 Å². The minimum atomic E-state index is -0.974. The molecular formula is C13H17N3O3S. The van der Waals surface area contributed by atoms with Crippen molar-refractivity contribution in [3.05, 3.63) is 28.0 Å². The van der Waals surface area contributed by atoms with Crippen molar-refractivity contribution in [3.8, 4) is 5.75 Å². The number of carboxylic acids is 1. The number of rotatable bonds is 4. The highest BCUT2D eigenvalue weighted by Crippen LogP contribution is 2.37. The lowest BCUT2D eigenvalue weighted by atomic mass is 9.95. The number of aromatic carboxylic acids is 1. The molecule has 20 heavy (non-hydrogen) atoms. The summed E-state index contributed by atoms with van der Waals surface area (Å²) in [5, 5.41) is 16.9. The summed E-state index contributed by atoms with van der Waals surface area (Å²) in [6.07, 6.45) is 1.57. The summed E-state index contributed by atoms with van der Waals surface area (Å²) >= 11 is 1.25. The lowest BCUT2D eigenvalue weighted by molar-refractivity contribution is 0.0697. The van der Waals surface area contributed by atoms with Crippen LogP contribution in [-0.2, 0) is 19.1 Å². The van der Waals surface area contributed by atoms with Gasteiger partial charge in [0.1, 0.15) is 18.7 Å². The fraction of sp³-hybridized carbons (Fsp3) is 0.462. The third-order valence-electron chi connectivity index (χ3n) is 2.79. The number of ether oxygens (including phenoxy) is 1. The number of carbonyl (C=O) groups is 1. The van der Waals surface area contributed by atoms with Gasteiger partial charge in [0.25, 0.3) is 0 Å². The Morgan fingerprint density at radius 3 is 2.70 bits per heavy atom. The average Bonchev–Trinajstić information content (AvgIpc) is 2.91. The molecule has 2 aromatic rings. The molecule has 0 aliphatic rings. The van der Waals surface area contributed by atoms with Gasteiger partial charge in [-0.25, -0.2) is 4.79 Å². The SMILES string of the molecule is Cn1cnnc1COc1cc(C(C)(C)C)sc1C(=O)O. The molecule has 7 heteroatoms. The lowest BCUT2D eigenvalue weighted by Crippen LogP contribution is -2.08. The van der Waals surface area contributed by atoms with Gasteiger partial charge >= 0.3 is 5.97 Å². The summed E-state index contributed by atoms with van der Waals surface area (Å²) in [6, 6.07) is 1.80. The largest absolute Gasteiger partial charge is 0.484 e. The van der Waals surface area contributed by atoms with Gasteiger partial charge in [0.05, 0.1) is 0 Å². The molecule has 0 aromatic carbocycles. The van der Waals surface area contributed by atoms with Crippen LogP contribution in [0.3, 0.4) is 0 Å². The zero-order chi connectivity index (χ0) is 14.9. The van der Waals surface area contributed by atoms with Gasteiger partial charge in [0, 0.05) is 11.9 Å². The topological polar surface area (TPSA) is 77.2 Å². The monoisotopic (exact) mass is 295 g/mol. The third kappa shape index (κ3) is 2.98. The molecule has 0 aliphatic heterocycles. The molecular weight excluding hydrogens is 278 g/mol. The van der Waals surface area contributed by atoms with E-state index in [9.17, 15) is 9.90 Å². The second-order valence-corrected chi connectivity index (χ2v) is 6.56. The van der Waals surface area contributed by atoms with Crippen LogP contribution in [0.4, 0.5) is 0 Å². The minimum Gasteiger partial charge on any atom is -0.484 e. The highest BCUT2D eigenvalue weighted by Gasteiger charge is 2.23. The Bertz CT molecular complexity index is 625. The van der Waals surface area contributed by atoms with Crippen molar-refractivity contribution >= 4 is 17.3 Å². The number of hydrogen-bond donors (Lipinski definition) is 1. The van der Waals surface area contributed by atoms with E-state index in [1.165, 1.54) is 11.3 Å². The first-order chi connectivity index (χ1) is 9.29. The van der Waals surface area contributed by atoms with E-state index in [1.54, 1.807) is 17.0 Å². The van der Waals surface area contributed by atoms with Crippen LogP contribution in [0, 0.1) is 0 Å². The molecule has 2 rings (SSSR count). The van der Waals surface area contributed by atoms with Gasteiger partial charge in [-0.05, 0) is 11.5 Å². The Balaban J connectivity index is 2.24. The third-order valence-corrected chi connectivity index (χ3v) is 4.32. The fourth-order valence-corrected chi connectivity index (χ4v) is 2.58. The number of nitrogens with zero attached hydrogens (tertiary/aromatic N) is 3. The van der Waals surface area contributed by atoms with E-state index in [1.807, 2.05) is 27.8 Å². The summed E-state index contributed by atoms with van der Waals surface area (Å²) in [7, 11) is 1.81. The van der Waals surface area contributed by atoms with Crippen LogP contribution in [-0.4, -0.2) is 25.8 Å². The van der Waals surface area contributed by atoms with Crippen molar-refractivity contribution in [2.24, 2.45) is 7.05 Å². The molecule has 2 aromatic heterocycles. The molecule has 0 aliphatic carbocycles. The average molecular weight is 295 g/mol. The van der Waals surface area contributed by atoms with E-state index in [2.05, 4.69) is 10.2 Å². The standard InChI is InChI=1S/C13H17N3O3S/c1-13(2,3)9-5-8(11(20-9)12(17)18)19-6-10-15-14-7-16(10)4/h5,7H,6H2,1-4H3,(H,17,18). The van der Waals surface area contributed by atoms with Crippen LogP contribution in [0.1, 0.15) is 41.1 Å². The predicted octanol–water partition coefficient (Wildman–Crippen LogP) is 2.45. The van der Waals surface area contributed by atoms with Crippen LogP contribution >= 0.6 is 11.3 Å². The maximum absolute atomic E-state index is 11.3. The van der Waals surface area contributed by atoms with Crippen molar-refractivity contribution in [2.45, 2.75) is 32.8 Å². The normalized spacial score (nSPS) is 11.6. The maximum Gasteiger partial charge on any atom is 0.349 e. The lowest BCUT2D eigenvalue weighted by Gasteiger charge is -2.14. The zero-order valence-electron chi connectivity index (χ0n) is 11.9. The Morgan fingerprint density at radius 2 is 2.20 bits per heavy atom. The van der Waals surface area contributed by atoms with Gasteiger partial charge in [0.15, 0.2) is 10.7 Å². The number of carboxylic acid groups (broad SMARTS) is 1. The van der Waals surface area contributed by atoms with E-state index in [0.717, 1.165) is 4.88 Å². The van der Waals surface area contributed by atoms with E-state index in [-0.39, 0.29) is 16.9 Å². The first-order valence-electron chi connectivity index (χ1n) is 6.12. The molecule has 6 nitrogen and oxygen atoms in total. The molecule has 0 amide bonds. The van der Waals surface area contributed by atoms with Crippen molar-refractivity contribution in [1.82, 2.24) is 14.8 Å². The highest BCUT2D eigenvalue weighted by molar-refractivity contribution is 7.14. The maximum atomic E-state index is 11.3. The van der Waals surface area contributed by atoms with E-state index in [0.29, 0.717) is 11.6 Å². The van der Waals surface area contributed by atoms with Gasteiger partial charge in [-0.3, -0.25) is 0 Å². The first-order valence-corrected chi connectivity index (χ1v) is 6.94. The quantitative estimate of drug-likeness (QED) is 0.937. The van der Waals surface area contributed by atoms with Crippen molar-refractivity contribution in [1.29, 1.82) is 0 Å². The van der Waals surface area contributed by atoms with Crippen LogP contribution in [0.2, 0.25) is 0 Å². The number of hydrogen-bond acceptors (Lipinski definition) is 5. The Morgan fingerprint density at radius 1 is 1.50 bits per heavy atom. The second-order valence-electron chi connectivity index (χ2n) is 5.51. The molecule has 0 saturated carbocycles. The molecule has 108 valence electrons. The van der Waals surface area contributed by atoms with Gasteiger partial charge in [0.2, 0.25) is 0 Å². The fourth-order valence-electron chi connectivity index (χ4n) is 1.58. The molecule has 0 spiro atoms. The van der Waals surface area contributed by atoms with Crippen LogP contribution < -0.4 is 4.74 Å². The van der Waals surface area contributed by atoms with E-state index < -0.39 is 5.97 Å². The zero-order valence-corrected chi connectivity index (χ0v) is 12.7. The Hall–Kier alpha value is -1.89. The van der Waals surface area contributed by atoms with Gasteiger partial charge < -0.3 is 14.4 Å². The smallest absolute Gasteiger partial charge is 0.349 e. The Labute approximate surface area is 121 Å². The highest BCUT2D eigenvalue weighted by atomic mass is 32.1. The Kier molecular flexibility index (Phi) is 3.80. The van der Waals surface area contributed by atoms with Crippen LogP contribution in [0.15, 0.2) is 12.4 Å². The minimum absolute atomic E-state index is 0.110. The number of thiophene rings is 1. The van der Waals surface area contributed by atoms with Crippen molar-refractivity contribution < 1.29 is 14.6 Å². The van der Waals surface area contributed by atoms with Gasteiger partial charge in [-0.15, -0.1) is 21.5 Å². The molecule has 0 saturated heterocycles. The molecule has 0 unspecified atom stereocenters. The molecule has 0 atom stereocenters. The summed E-state index contributed by atoms with van der Waals surface area (Å²) in [5.41, 5.74) is -0.110. The van der Waals surface area contributed by atoms with Crippen molar-refractivity contribution in [2.75, 3.05) is 0 Å². The number of aromatic nitrogens is 3. The summed E-state index contributed by atoms with van der Waals surface area (Å²) in [4.78, 5) is 12.5. The van der Waals surface area contributed by atoms with Gasteiger partial charge in [-0.1, -0.05) is 20.8 Å². The first kappa shape index (κ1) is 14.5. The molecule has 0 radical (unpaired) electrons. The molecule has 0 fully saturated rings. The van der Waals surface area contributed by atoms with Crippen LogP contribution in [0.25, 0.3) is 0 Å². The van der Waals surface area contributed by atoms with Crippen molar-refractivity contribution in [3.63, 3.8) is 0 Å². The van der Waals surface area contributed by atoms with E-state index in [4.69, 9.17) is 4.74 Å². The molecule has 2 heterocycles. The predicted molar refractivity (Wildman–Crippen MR) is 75.3 cm³/mol. The molecule has 1 N–H and O–H groups in total. The summed E-state index contributed by atoms with van der Waals surface area (Å²) in [6.45, 7) is 6.31. The summed E-state index contributed by atoms with van der Waals surface area (Å²) in [5.74, 6) is 0.0544.